The van der Waals surface area contributed by atoms with Crippen LogP contribution < -0.4 is 20.7 Å². The van der Waals surface area contributed by atoms with Crippen LogP contribution in [0.2, 0.25) is 0 Å². The Morgan fingerprint density at radius 3 is 2.52 bits per heavy atom. The van der Waals surface area contributed by atoms with Crippen LogP contribution in [0.25, 0.3) is 0 Å². The number of nitrogens with one attached hydrogen (secondary N) is 3. The van der Waals surface area contributed by atoms with E-state index in [1.54, 1.807) is 7.05 Å². The predicted octanol–water partition coefficient (Wildman–Crippen LogP) is 2.08. The molecule has 7 heteroatoms. The molecule has 0 unspecified atom stereocenters. The first-order valence-electron chi connectivity index (χ1n) is 8.55. The van der Waals surface area contributed by atoms with Gasteiger partial charge in [-0.3, -0.25) is 9.79 Å². The van der Waals surface area contributed by atoms with Crippen molar-refractivity contribution in [2.24, 2.45) is 4.99 Å². The molecule has 1 aliphatic rings. The summed E-state index contributed by atoms with van der Waals surface area (Å²) in [7, 11) is 1.77. The van der Waals surface area contributed by atoms with E-state index in [9.17, 15) is 4.79 Å². The summed E-state index contributed by atoms with van der Waals surface area (Å²) in [5.74, 6) is 1.48. The Kier molecular flexibility index (Phi) is 9.62. The molecule has 1 aromatic rings. The number of ether oxygens (including phenoxy) is 1. The molecule has 1 aliphatic carbocycles. The number of guanidine groups is 1. The topological polar surface area (TPSA) is 74.8 Å². The first kappa shape index (κ1) is 21.5. The Morgan fingerprint density at radius 1 is 1.28 bits per heavy atom. The van der Waals surface area contributed by atoms with Crippen LogP contribution in [-0.2, 0) is 11.2 Å². The van der Waals surface area contributed by atoms with Crippen molar-refractivity contribution in [1.82, 2.24) is 16.0 Å². The largest absolute Gasteiger partial charge is 0.484 e. The number of hydrogen-bond acceptors (Lipinski definition) is 3. The van der Waals surface area contributed by atoms with Gasteiger partial charge < -0.3 is 20.7 Å². The van der Waals surface area contributed by atoms with E-state index in [2.05, 4.69) is 34.8 Å². The van der Waals surface area contributed by atoms with Crippen LogP contribution in [0.3, 0.4) is 0 Å². The van der Waals surface area contributed by atoms with Crippen LogP contribution in [0, 0.1) is 0 Å². The van der Waals surface area contributed by atoms with Crippen LogP contribution in [0.15, 0.2) is 29.3 Å². The molecule has 6 nitrogen and oxygen atoms in total. The number of nitrogens with zero attached hydrogens (tertiary/aromatic N) is 1. The lowest BCUT2D eigenvalue weighted by Crippen LogP contribution is -2.41. The highest BCUT2D eigenvalue weighted by Gasteiger charge is 2.23. The maximum Gasteiger partial charge on any atom is 0.258 e. The minimum atomic E-state index is -0.0465. The molecule has 1 saturated carbocycles. The molecule has 1 fully saturated rings. The average molecular weight is 460 g/mol. The second-order valence-electron chi connectivity index (χ2n) is 6.32. The monoisotopic (exact) mass is 460 g/mol. The lowest BCUT2D eigenvalue weighted by molar-refractivity contribution is -0.123. The molecule has 0 atom stereocenters. The van der Waals surface area contributed by atoms with E-state index in [-0.39, 0.29) is 36.5 Å². The Labute approximate surface area is 167 Å². The van der Waals surface area contributed by atoms with Gasteiger partial charge in [0.1, 0.15) is 5.75 Å². The van der Waals surface area contributed by atoms with Crippen LogP contribution in [-0.4, -0.2) is 44.1 Å². The summed E-state index contributed by atoms with van der Waals surface area (Å²) >= 11 is 0. The van der Waals surface area contributed by atoms with Gasteiger partial charge in [-0.15, -0.1) is 24.0 Å². The lowest BCUT2D eigenvalue weighted by atomic mass is 10.1. The number of rotatable bonds is 8. The van der Waals surface area contributed by atoms with Gasteiger partial charge in [0.05, 0.1) is 0 Å². The number of carbonyl (C=O) groups is 1. The summed E-state index contributed by atoms with van der Waals surface area (Å²) < 4.78 is 5.50. The molecule has 2 rings (SSSR count). The van der Waals surface area contributed by atoms with Gasteiger partial charge in [-0.2, -0.15) is 0 Å². The summed E-state index contributed by atoms with van der Waals surface area (Å²) in [5.41, 5.74) is 1.21. The molecule has 0 aromatic heterocycles. The van der Waals surface area contributed by atoms with Crippen molar-refractivity contribution in [3.8, 4) is 5.75 Å². The summed E-state index contributed by atoms with van der Waals surface area (Å²) in [4.78, 5) is 15.8. The summed E-state index contributed by atoms with van der Waals surface area (Å²) in [6.07, 6.45) is 3.07. The minimum Gasteiger partial charge on any atom is -0.484 e. The maximum absolute atomic E-state index is 11.6. The van der Waals surface area contributed by atoms with Crippen LogP contribution in [0.5, 0.6) is 5.75 Å². The number of amides is 1. The van der Waals surface area contributed by atoms with Crippen LogP contribution in [0.1, 0.15) is 32.3 Å². The third-order valence-corrected chi connectivity index (χ3v) is 3.59. The van der Waals surface area contributed by atoms with Crippen molar-refractivity contribution >= 4 is 35.8 Å². The second-order valence-corrected chi connectivity index (χ2v) is 6.32. The van der Waals surface area contributed by atoms with Gasteiger partial charge in [0.2, 0.25) is 0 Å². The van der Waals surface area contributed by atoms with Crippen molar-refractivity contribution in [3.63, 3.8) is 0 Å². The summed E-state index contributed by atoms with van der Waals surface area (Å²) in [6, 6.07) is 8.58. The Balaban J connectivity index is 0.00000312. The molecule has 0 spiro atoms. The summed E-state index contributed by atoms with van der Waals surface area (Å²) in [6.45, 7) is 5.04. The van der Waals surface area contributed by atoms with Crippen molar-refractivity contribution in [2.75, 3.05) is 20.2 Å². The normalized spacial score (nSPS) is 13.8. The van der Waals surface area contributed by atoms with Crippen LogP contribution >= 0.6 is 24.0 Å². The van der Waals surface area contributed by atoms with Gasteiger partial charge in [-0.05, 0) is 50.8 Å². The summed E-state index contributed by atoms with van der Waals surface area (Å²) in [5, 5.41) is 9.44. The average Bonchev–Trinajstić information content (AvgIpc) is 3.36. The standard InChI is InChI=1S/C18H28N4O2.HI/c1-13(2)21-18(19-3)20-11-10-14-4-8-16(9-5-14)24-12-17(23)22-15-6-7-15;/h4-5,8-9,13,15H,6-7,10-12H2,1-3H3,(H,22,23)(H2,19,20,21);1H. The quantitative estimate of drug-likeness (QED) is 0.316. The molecule has 1 amide bonds. The van der Waals surface area contributed by atoms with Gasteiger partial charge in [-0.1, -0.05) is 12.1 Å². The van der Waals surface area contributed by atoms with Gasteiger partial charge >= 0.3 is 0 Å². The molecule has 0 radical (unpaired) electrons. The van der Waals surface area contributed by atoms with E-state index in [1.165, 1.54) is 5.56 Å². The highest BCUT2D eigenvalue weighted by molar-refractivity contribution is 14.0. The Hall–Kier alpha value is -1.51. The second kappa shape index (κ2) is 11.2. The first-order chi connectivity index (χ1) is 11.6. The van der Waals surface area contributed by atoms with E-state index in [1.807, 2.05) is 24.3 Å². The van der Waals surface area contributed by atoms with Crippen molar-refractivity contribution in [2.45, 2.75) is 45.2 Å². The highest BCUT2D eigenvalue weighted by Crippen LogP contribution is 2.18. The maximum atomic E-state index is 11.6. The third-order valence-electron chi connectivity index (χ3n) is 3.59. The first-order valence-corrected chi connectivity index (χ1v) is 8.55. The molecule has 0 saturated heterocycles. The SMILES string of the molecule is CN=C(NCCc1ccc(OCC(=O)NC2CC2)cc1)NC(C)C.I. The molecular weight excluding hydrogens is 431 g/mol. The van der Waals surface area contributed by atoms with E-state index in [4.69, 9.17) is 4.74 Å². The number of benzene rings is 1. The van der Waals surface area contributed by atoms with Gasteiger partial charge in [-0.25, -0.2) is 0 Å². The van der Waals surface area contributed by atoms with Crippen molar-refractivity contribution in [3.05, 3.63) is 29.8 Å². The fourth-order valence-electron chi connectivity index (χ4n) is 2.19. The van der Waals surface area contributed by atoms with Gasteiger partial charge in [0.25, 0.3) is 5.91 Å². The zero-order valence-corrected chi connectivity index (χ0v) is 17.5. The molecule has 0 bridgehead atoms. The zero-order valence-electron chi connectivity index (χ0n) is 15.2. The third kappa shape index (κ3) is 8.94. The fraction of sp³-hybridized carbons (Fsp3) is 0.556. The van der Waals surface area contributed by atoms with Crippen LogP contribution in [0.4, 0.5) is 0 Å². The van der Waals surface area contributed by atoms with E-state index < -0.39 is 0 Å². The van der Waals surface area contributed by atoms with E-state index in [0.717, 1.165) is 37.5 Å². The number of carbonyl (C=O) groups excluding carboxylic acids is 1. The van der Waals surface area contributed by atoms with Crippen molar-refractivity contribution < 1.29 is 9.53 Å². The number of hydrogen-bond donors (Lipinski definition) is 3. The number of aliphatic imine (C=N–C) groups is 1. The molecule has 3 N–H and O–H groups in total. The smallest absolute Gasteiger partial charge is 0.258 e. The van der Waals surface area contributed by atoms with Gasteiger partial charge in [0, 0.05) is 25.7 Å². The van der Waals surface area contributed by atoms with Crippen molar-refractivity contribution in [1.29, 1.82) is 0 Å². The molecule has 1 aromatic carbocycles. The highest BCUT2D eigenvalue weighted by atomic mass is 127. The fourth-order valence-corrected chi connectivity index (χ4v) is 2.19. The molecule has 140 valence electrons. The Morgan fingerprint density at radius 2 is 1.96 bits per heavy atom. The molecule has 0 aliphatic heterocycles. The van der Waals surface area contributed by atoms with E-state index in [0.29, 0.717) is 12.1 Å². The van der Waals surface area contributed by atoms with Gasteiger partial charge in [0.15, 0.2) is 12.6 Å². The Bertz CT molecular complexity index is 557. The molecule has 0 heterocycles. The minimum absolute atomic E-state index is 0. The van der Waals surface area contributed by atoms with E-state index >= 15 is 0 Å². The predicted molar refractivity (Wildman–Crippen MR) is 112 cm³/mol. The number of halogens is 1. The molecular formula is C18H29IN4O2. The lowest BCUT2D eigenvalue weighted by Gasteiger charge is -2.14. The zero-order chi connectivity index (χ0) is 17.4. The molecule has 25 heavy (non-hydrogen) atoms.